The van der Waals surface area contributed by atoms with Crippen LogP contribution in [0.4, 0.5) is 5.82 Å². The normalized spacial score (nSPS) is 10.9. The monoisotopic (exact) mass is 402 g/mol. The number of thiophene rings is 2. The van der Waals surface area contributed by atoms with Crippen LogP contribution in [-0.4, -0.2) is 30.9 Å². The second-order valence-corrected chi connectivity index (χ2v) is 7.71. The van der Waals surface area contributed by atoms with Gasteiger partial charge in [0.2, 0.25) is 5.91 Å². The third kappa shape index (κ3) is 3.52. The number of nitrogens with one attached hydrogen (secondary N) is 3. The molecule has 1 amide bonds. The Morgan fingerprint density at radius 3 is 2.65 bits per heavy atom. The van der Waals surface area contributed by atoms with Crippen molar-refractivity contribution < 1.29 is 4.79 Å². The van der Waals surface area contributed by atoms with Crippen molar-refractivity contribution in [3.8, 4) is 21.3 Å². The third-order valence-corrected chi connectivity index (χ3v) is 5.77. The zero-order valence-corrected chi connectivity index (χ0v) is 15.9. The summed E-state index contributed by atoms with van der Waals surface area (Å²) in [6.45, 7) is 0.441. The highest BCUT2D eigenvalue weighted by Crippen LogP contribution is 2.25. The summed E-state index contributed by atoms with van der Waals surface area (Å²) in [4.78, 5) is 14.4. The van der Waals surface area contributed by atoms with Gasteiger partial charge in [-0.2, -0.15) is 10.2 Å². The summed E-state index contributed by atoms with van der Waals surface area (Å²) in [5, 5.41) is 20.9. The van der Waals surface area contributed by atoms with Gasteiger partial charge in [0.15, 0.2) is 16.4 Å². The molecule has 26 heavy (non-hydrogen) atoms. The molecule has 0 radical (unpaired) electrons. The molecule has 4 aromatic heterocycles. The molecular weight excluding hydrogens is 388 g/mol. The number of anilines is 1. The Labute approximate surface area is 161 Å². The molecule has 4 aromatic rings. The fourth-order valence-electron chi connectivity index (χ4n) is 2.48. The van der Waals surface area contributed by atoms with E-state index in [0.29, 0.717) is 17.1 Å². The van der Waals surface area contributed by atoms with E-state index in [9.17, 15) is 4.79 Å². The van der Waals surface area contributed by atoms with E-state index in [1.807, 2.05) is 45.7 Å². The quantitative estimate of drug-likeness (QED) is 0.423. The average molecular weight is 403 g/mol. The number of rotatable bonds is 6. The first kappa shape index (κ1) is 16.9. The first-order valence-electron chi connectivity index (χ1n) is 7.79. The molecule has 0 aliphatic rings. The maximum atomic E-state index is 12.3. The largest absolute Gasteiger partial charge is 0.309 e. The Morgan fingerprint density at radius 1 is 1.15 bits per heavy atom. The number of hydrogen-bond acceptors (Lipinski definition) is 6. The number of aromatic nitrogens is 5. The average Bonchev–Trinajstić information content (AvgIpc) is 3.40. The zero-order valence-electron chi connectivity index (χ0n) is 13.4. The molecule has 0 saturated carbocycles. The topological polar surface area (TPSA) is 91.4 Å². The minimum Gasteiger partial charge on any atom is -0.309 e. The van der Waals surface area contributed by atoms with Crippen molar-refractivity contribution in [1.29, 1.82) is 0 Å². The lowest BCUT2D eigenvalue weighted by atomic mass is 10.3. The molecular formula is C16H14N6OS3. The van der Waals surface area contributed by atoms with E-state index in [-0.39, 0.29) is 12.3 Å². The maximum absolute atomic E-state index is 12.3. The van der Waals surface area contributed by atoms with E-state index < -0.39 is 0 Å². The predicted octanol–water partition coefficient (Wildman–Crippen LogP) is 4.15. The molecule has 0 atom stereocenters. The van der Waals surface area contributed by atoms with E-state index in [1.165, 1.54) is 0 Å². The van der Waals surface area contributed by atoms with Crippen LogP contribution in [0.3, 0.4) is 0 Å². The zero-order chi connectivity index (χ0) is 17.9. The second kappa shape index (κ2) is 7.36. The summed E-state index contributed by atoms with van der Waals surface area (Å²) in [5.41, 5.74) is 0.882. The minimum absolute atomic E-state index is 0.130. The van der Waals surface area contributed by atoms with Gasteiger partial charge in [0.25, 0.3) is 0 Å². The third-order valence-electron chi connectivity index (χ3n) is 3.69. The summed E-state index contributed by atoms with van der Waals surface area (Å²) < 4.78 is 2.34. The van der Waals surface area contributed by atoms with Gasteiger partial charge in [0.1, 0.15) is 0 Å². The lowest BCUT2D eigenvalue weighted by Crippen LogP contribution is -2.15. The SMILES string of the molecule is O=C(CCn1c(-c2cccs2)n[nH]c1=S)Nc1cc(-c2cccs2)[nH]n1. The lowest BCUT2D eigenvalue weighted by Gasteiger charge is -2.05. The van der Waals surface area contributed by atoms with E-state index in [0.717, 1.165) is 21.3 Å². The highest BCUT2D eigenvalue weighted by atomic mass is 32.1. The fraction of sp³-hybridized carbons (Fsp3) is 0.125. The fourth-order valence-corrected chi connectivity index (χ4v) is 4.12. The van der Waals surface area contributed by atoms with E-state index in [1.54, 1.807) is 22.7 Å². The van der Waals surface area contributed by atoms with E-state index in [2.05, 4.69) is 25.7 Å². The van der Waals surface area contributed by atoms with Gasteiger partial charge >= 0.3 is 0 Å². The number of carbonyl (C=O) groups excluding carboxylic acids is 1. The van der Waals surface area contributed by atoms with Gasteiger partial charge in [-0.3, -0.25) is 19.6 Å². The molecule has 132 valence electrons. The highest BCUT2D eigenvalue weighted by Gasteiger charge is 2.12. The van der Waals surface area contributed by atoms with Crippen LogP contribution in [0.2, 0.25) is 0 Å². The predicted molar refractivity (Wildman–Crippen MR) is 106 cm³/mol. The Morgan fingerprint density at radius 2 is 1.92 bits per heavy atom. The molecule has 7 nitrogen and oxygen atoms in total. The Kier molecular flexibility index (Phi) is 4.78. The van der Waals surface area contributed by atoms with Crippen LogP contribution in [0.5, 0.6) is 0 Å². The number of amides is 1. The number of carbonyl (C=O) groups is 1. The van der Waals surface area contributed by atoms with Crippen LogP contribution >= 0.6 is 34.9 Å². The molecule has 0 saturated heterocycles. The maximum Gasteiger partial charge on any atom is 0.227 e. The van der Waals surface area contributed by atoms with Gasteiger partial charge in [-0.1, -0.05) is 12.1 Å². The molecule has 4 rings (SSSR count). The first-order chi connectivity index (χ1) is 12.7. The highest BCUT2D eigenvalue weighted by molar-refractivity contribution is 7.71. The van der Waals surface area contributed by atoms with E-state index >= 15 is 0 Å². The summed E-state index contributed by atoms with van der Waals surface area (Å²) in [5.74, 6) is 1.12. The molecule has 0 aromatic carbocycles. The number of nitrogens with zero attached hydrogens (tertiary/aromatic N) is 3. The van der Waals surface area contributed by atoms with Crippen LogP contribution in [0.1, 0.15) is 6.42 Å². The van der Waals surface area contributed by atoms with Crippen LogP contribution in [0.25, 0.3) is 21.3 Å². The summed E-state index contributed by atoms with van der Waals surface area (Å²) in [6.07, 6.45) is 0.271. The standard InChI is InChI=1S/C16H14N6OS3/c23-14(17-13-9-10(18-19-13)11-3-1-7-25-11)5-6-22-15(20-21-16(22)24)12-4-2-8-26-12/h1-4,7-9H,5-6H2,(H,21,24)(H2,17,18,19,23). The molecule has 0 unspecified atom stereocenters. The Hall–Kier alpha value is -2.56. The summed E-state index contributed by atoms with van der Waals surface area (Å²) in [6, 6.07) is 9.72. The van der Waals surface area contributed by atoms with Crippen LogP contribution in [-0.2, 0) is 11.3 Å². The number of H-pyrrole nitrogens is 2. The van der Waals surface area contributed by atoms with Crippen molar-refractivity contribution in [2.45, 2.75) is 13.0 Å². The number of hydrogen-bond donors (Lipinski definition) is 3. The van der Waals surface area contributed by atoms with Crippen LogP contribution < -0.4 is 5.32 Å². The summed E-state index contributed by atoms with van der Waals surface area (Å²) in [7, 11) is 0. The molecule has 0 fully saturated rings. The van der Waals surface area contributed by atoms with Crippen molar-refractivity contribution in [3.63, 3.8) is 0 Å². The molecule has 0 aliphatic heterocycles. The van der Waals surface area contributed by atoms with Crippen molar-refractivity contribution in [3.05, 3.63) is 45.9 Å². The first-order valence-corrected chi connectivity index (χ1v) is 9.95. The van der Waals surface area contributed by atoms with Gasteiger partial charge in [0, 0.05) is 19.0 Å². The van der Waals surface area contributed by atoms with E-state index in [4.69, 9.17) is 12.2 Å². The molecule has 0 bridgehead atoms. The molecule has 10 heteroatoms. The van der Waals surface area contributed by atoms with Gasteiger partial charge in [-0.25, -0.2) is 0 Å². The number of aromatic amines is 2. The molecule has 4 heterocycles. The Bertz CT molecular complexity index is 1060. The van der Waals surface area contributed by atoms with Crippen molar-refractivity contribution in [2.24, 2.45) is 0 Å². The van der Waals surface area contributed by atoms with Crippen molar-refractivity contribution in [1.82, 2.24) is 25.0 Å². The van der Waals surface area contributed by atoms with Crippen LogP contribution in [0.15, 0.2) is 41.1 Å². The van der Waals surface area contributed by atoms with Gasteiger partial charge in [-0.15, -0.1) is 22.7 Å². The molecule has 0 spiro atoms. The minimum atomic E-state index is -0.130. The van der Waals surface area contributed by atoms with Gasteiger partial charge in [0.05, 0.1) is 15.4 Å². The van der Waals surface area contributed by atoms with Crippen molar-refractivity contribution in [2.75, 3.05) is 5.32 Å². The van der Waals surface area contributed by atoms with Gasteiger partial charge < -0.3 is 5.32 Å². The smallest absolute Gasteiger partial charge is 0.227 e. The van der Waals surface area contributed by atoms with Crippen LogP contribution in [0, 0.1) is 4.77 Å². The van der Waals surface area contributed by atoms with Crippen molar-refractivity contribution >= 4 is 46.6 Å². The molecule has 3 N–H and O–H groups in total. The lowest BCUT2D eigenvalue weighted by molar-refractivity contribution is -0.116. The second-order valence-electron chi connectivity index (χ2n) is 5.42. The Balaban J connectivity index is 1.41. The molecule has 0 aliphatic carbocycles. The van der Waals surface area contributed by atoms with Gasteiger partial charge in [-0.05, 0) is 35.1 Å². The summed E-state index contributed by atoms with van der Waals surface area (Å²) >= 11 is 8.47.